The van der Waals surface area contributed by atoms with Gasteiger partial charge in [0.05, 0.1) is 24.3 Å². The summed E-state index contributed by atoms with van der Waals surface area (Å²) in [6, 6.07) is -1.10. The zero-order valence-electron chi connectivity index (χ0n) is 13.1. The van der Waals surface area contributed by atoms with E-state index in [9.17, 15) is 14.7 Å². The molecule has 1 aliphatic rings. The van der Waals surface area contributed by atoms with Crippen LogP contribution in [0.2, 0.25) is 0 Å². The molecule has 0 heterocycles. The van der Waals surface area contributed by atoms with Crippen LogP contribution in [-0.2, 0) is 14.3 Å². The Hall–Kier alpha value is -2.09. The number of carbonyl (C=O) groups is 2. The molecule has 1 amide bonds. The Morgan fingerprint density at radius 3 is 2.64 bits per heavy atom. The van der Waals surface area contributed by atoms with Crippen LogP contribution < -0.4 is 16.8 Å². The summed E-state index contributed by atoms with van der Waals surface area (Å²) in [7, 11) is 0. The molecule has 22 heavy (non-hydrogen) atoms. The van der Waals surface area contributed by atoms with Crippen molar-refractivity contribution >= 4 is 17.8 Å². The van der Waals surface area contributed by atoms with Gasteiger partial charge in [0.1, 0.15) is 0 Å². The third-order valence-corrected chi connectivity index (χ3v) is 3.49. The second-order valence-electron chi connectivity index (χ2n) is 5.37. The van der Waals surface area contributed by atoms with Gasteiger partial charge < -0.3 is 26.6 Å². The summed E-state index contributed by atoms with van der Waals surface area (Å²) in [6.45, 7) is 5.21. The molecule has 6 N–H and O–H groups in total. The summed E-state index contributed by atoms with van der Waals surface area (Å²) in [5, 5.41) is 12.0. The number of ether oxygens (including phenoxy) is 1. The first-order valence-corrected chi connectivity index (χ1v) is 7.19. The molecule has 0 fully saturated rings. The number of nitrogens with two attached hydrogens (primary N) is 2. The molecule has 0 saturated carbocycles. The Labute approximate surface area is 129 Å². The smallest absolute Gasteiger partial charge is 0.331 e. The molecule has 0 saturated heterocycles. The minimum absolute atomic E-state index is 0.0921. The number of nitrogens with one attached hydrogen (secondary N) is 1. The highest BCUT2D eigenvalue weighted by atomic mass is 16.5. The van der Waals surface area contributed by atoms with Crippen LogP contribution in [0.3, 0.4) is 0 Å². The number of carbonyl (C=O) groups excluding carboxylic acids is 1. The minimum atomic E-state index is -1.05. The lowest BCUT2D eigenvalue weighted by atomic mass is 9.88. The molecule has 1 unspecified atom stereocenters. The minimum Gasteiger partial charge on any atom is -0.478 e. The van der Waals surface area contributed by atoms with E-state index in [1.54, 1.807) is 0 Å². The van der Waals surface area contributed by atoms with Gasteiger partial charge in [-0.3, -0.25) is 4.79 Å². The van der Waals surface area contributed by atoms with Gasteiger partial charge in [-0.05, 0) is 19.4 Å². The molecule has 8 nitrogen and oxygen atoms in total. The van der Waals surface area contributed by atoms with Crippen molar-refractivity contribution < 1.29 is 19.4 Å². The summed E-state index contributed by atoms with van der Waals surface area (Å²) in [5.74, 6) is -1.46. The highest BCUT2D eigenvalue weighted by Crippen LogP contribution is 2.25. The number of hydrogen-bond acceptors (Lipinski definition) is 4. The highest BCUT2D eigenvalue weighted by Gasteiger charge is 2.37. The summed E-state index contributed by atoms with van der Waals surface area (Å²) >= 11 is 0. The Morgan fingerprint density at radius 2 is 2.18 bits per heavy atom. The normalized spacial score (nSPS) is 25.8. The fourth-order valence-corrected chi connectivity index (χ4v) is 2.32. The molecule has 124 valence electrons. The predicted octanol–water partition coefficient (Wildman–Crippen LogP) is -0.268. The average Bonchev–Trinajstić information content (AvgIpc) is 2.40. The molecule has 0 aromatic carbocycles. The van der Waals surface area contributed by atoms with Crippen molar-refractivity contribution in [3.63, 3.8) is 0 Å². The lowest BCUT2D eigenvalue weighted by Gasteiger charge is -2.35. The van der Waals surface area contributed by atoms with E-state index in [1.807, 2.05) is 13.8 Å². The van der Waals surface area contributed by atoms with Gasteiger partial charge in [0.25, 0.3) is 0 Å². The third kappa shape index (κ3) is 5.03. The van der Waals surface area contributed by atoms with E-state index in [-0.39, 0.29) is 30.0 Å². The molecule has 4 atom stereocenters. The van der Waals surface area contributed by atoms with Crippen LogP contribution in [0.4, 0.5) is 0 Å². The van der Waals surface area contributed by atoms with Gasteiger partial charge in [0.2, 0.25) is 5.91 Å². The number of aliphatic carboxylic acids is 1. The second-order valence-corrected chi connectivity index (χ2v) is 5.37. The van der Waals surface area contributed by atoms with Gasteiger partial charge in [0, 0.05) is 18.9 Å². The van der Waals surface area contributed by atoms with E-state index >= 15 is 0 Å². The molecule has 1 aliphatic carbocycles. The first-order valence-electron chi connectivity index (χ1n) is 7.19. The van der Waals surface area contributed by atoms with Crippen LogP contribution in [-0.4, -0.2) is 47.2 Å². The summed E-state index contributed by atoms with van der Waals surface area (Å²) in [6.07, 6.45) is 1.70. The highest BCUT2D eigenvalue weighted by molar-refractivity contribution is 5.87. The molecule has 0 spiro atoms. The number of carboxylic acid groups (broad SMARTS) is 1. The predicted molar refractivity (Wildman–Crippen MR) is 82.2 cm³/mol. The quantitative estimate of drug-likeness (QED) is 0.393. The Balaban J connectivity index is 3.16. The summed E-state index contributed by atoms with van der Waals surface area (Å²) in [5.41, 5.74) is 11.0. The standard InChI is InChI=1S/C14H24N4O4/c1-4-7(2)22-11-6-9(13(20)21)5-10(18-14(15)16)12(11)17-8(3)19/h6-7,10-12H,4-5H2,1-3H3,(H,17,19)(H,20,21)(H4,15,16,18)/t7?,10-,11+,12+/m0/s1. The van der Waals surface area contributed by atoms with Gasteiger partial charge in [0.15, 0.2) is 5.96 Å². The number of amides is 1. The van der Waals surface area contributed by atoms with Crippen molar-refractivity contribution in [1.29, 1.82) is 0 Å². The fourth-order valence-electron chi connectivity index (χ4n) is 2.32. The molecular formula is C14H24N4O4. The van der Waals surface area contributed by atoms with E-state index in [4.69, 9.17) is 16.2 Å². The fraction of sp³-hybridized carbons (Fsp3) is 0.643. The lowest BCUT2D eigenvalue weighted by molar-refractivity contribution is -0.133. The van der Waals surface area contributed by atoms with E-state index < -0.39 is 24.2 Å². The van der Waals surface area contributed by atoms with E-state index in [1.165, 1.54) is 13.0 Å². The van der Waals surface area contributed by atoms with Crippen molar-refractivity contribution in [1.82, 2.24) is 5.32 Å². The van der Waals surface area contributed by atoms with Crippen molar-refractivity contribution in [2.24, 2.45) is 16.5 Å². The van der Waals surface area contributed by atoms with E-state index in [0.29, 0.717) is 0 Å². The topological polar surface area (TPSA) is 140 Å². The Kier molecular flexibility index (Phi) is 6.36. The van der Waals surface area contributed by atoms with Crippen LogP contribution in [0.5, 0.6) is 0 Å². The van der Waals surface area contributed by atoms with Crippen molar-refractivity contribution in [3.8, 4) is 0 Å². The van der Waals surface area contributed by atoms with Gasteiger partial charge in [-0.25, -0.2) is 9.79 Å². The first-order chi connectivity index (χ1) is 10.2. The number of hydrogen-bond donors (Lipinski definition) is 4. The van der Waals surface area contributed by atoms with Crippen molar-refractivity contribution in [2.75, 3.05) is 0 Å². The van der Waals surface area contributed by atoms with Crippen LogP contribution >= 0.6 is 0 Å². The van der Waals surface area contributed by atoms with Crippen molar-refractivity contribution in [2.45, 2.75) is 57.9 Å². The summed E-state index contributed by atoms with van der Waals surface area (Å²) < 4.78 is 5.84. The van der Waals surface area contributed by atoms with Gasteiger partial charge >= 0.3 is 5.97 Å². The number of guanidine groups is 1. The van der Waals surface area contributed by atoms with E-state index in [0.717, 1.165) is 6.42 Å². The molecule has 0 radical (unpaired) electrons. The third-order valence-electron chi connectivity index (χ3n) is 3.49. The Bertz CT molecular complexity index is 485. The van der Waals surface area contributed by atoms with Gasteiger partial charge in [-0.15, -0.1) is 0 Å². The number of nitrogens with zero attached hydrogens (tertiary/aromatic N) is 1. The Morgan fingerprint density at radius 1 is 1.55 bits per heavy atom. The monoisotopic (exact) mass is 312 g/mol. The van der Waals surface area contributed by atoms with Crippen LogP contribution in [0.1, 0.15) is 33.6 Å². The van der Waals surface area contributed by atoms with E-state index in [2.05, 4.69) is 10.3 Å². The van der Waals surface area contributed by atoms with Gasteiger partial charge in [-0.1, -0.05) is 6.92 Å². The zero-order valence-corrected chi connectivity index (χ0v) is 13.1. The summed E-state index contributed by atoms with van der Waals surface area (Å²) in [4.78, 5) is 26.8. The maximum absolute atomic E-state index is 11.4. The molecule has 0 aliphatic heterocycles. The SMILES string of the molecule is CCC(C)O[C@@H]1C=C(C(=O)O)C[C@H](N=C(N)N)[C@H]1NC(C)=O. The molecule has 8 heteroatoms. The number of rotatable bonds is 6. The van der Waals surface area contributed by atoms with Crippen LogP contribution in [0.15, 0.2) is 16.6 Å². The largest absolute Gasteiger partial charge is 0.478 e. The second kappa shape index (κ2) is 7.79. The zero-order chi connectivity index (χ0) is 16.9. The molecule has 0 aromatic rings. The lowest BCUT2D eigenvalue weighted by Crippen LogP contribution is -2.53. The first kappa shape index (κ1) is 18.0. The average molecular weight is 312 g/mol. The van der Waals surface area contributed by atoms with Crippen LogP contribution in [0, 0.1) is 0 Å². The molecule has 0 bridgehead atoms. The molecular weight excluding hydrogens is 288 g/mol. The van der Waals surface area contributed by atoms with Crippen molar-refractivity contribution in [3.05, 3.63) is 11.6 Å². The molecule has 0 aromatic heterocycles. The maximum atomic E-state index is 11.4. The molecule has 1 rings (SSSR count). The number of aliphatic imine (C=N–C) groups is 1. The van der Waals surface area contributed by atoms with Crippen LogP contribution in [0.25, 0.3) is 0 Å². The maximum Gasteiger partial charge on any atom is 0.331 e. The van der Waals surface area contributed by atoms with Gasteiger partial charge in [-0.2, -0.15) is 0 Å². The number of carboxylic acids is 1.